The molecule has 1 aliphatic heterocycles. The van der Waals surface area contributed by atoms with E-state index in [1.807, 2.05) is 5.32 Å². The lowest BCUT2D eigenvalue weighted by molar-refractivity contribution is -0.194. The van der Waals surface area contributed by atoms with Crippen LogP contribution in [0.1, 0.15) is 16.9 Å². The summed E-state index contributed by atoms with van der Waals surface area (Å²) in [6, 6.07) is 7.68. The molecule has 14 heteroatoms. The summed E-state index contributed by atoms with van der Waals surface area (Å²) in [6.07, 6.45) is -4.35. The molecule has 3 N–H and O–H groups in total. The van der Waals surface area contributed by atoms with Gasteiger partial charge in [-0.3, -0.25) is 19.1 Å². The number of amides is 1. The van der Waals surface area contributed by atoms with Gasteiger partial charge in [-0.15, -0.1) is 0 Å². The van der Waals surface area contributed by atoms with Crippen molar-refractivity contribution in [3.05, 3.63) is 80.4 Å². The summed E-state index contributed by atoms with van der Waals surface area (Å²) in [5, 5.41) is 1.86. The Morgan fingerprint density at radius 3 is 2.36 bits per heavy atom. The van der Waals surface area contributed by atoms with Gasteiger partial charge < -0.3 is 9.73 Å². The van der Waals surface area contributed by atoms with E-state index in [0.717, 1.165) is 12.1 Å². The maximum Gasteiger partial charge on any atom is 0.421 e. The lowest BCUT2D eigenvalue weighted by Gasteiger charge is -2.29. The van der Waals surface area contributed by atoms with Gasteiger partial charge in [-0.25, -0.2) is 13.2 Å². The van der Waals surface area contributed by atoms with Gasteiger partial charge in [0.15, 0.2) is 0 Å². The number of anilines is 1. The number of aromatic amines is 1. The molecule has 10 nitrogen and oxygen atoms in total. The molecule has 0 bridgehead atoms. The number of aromatic nitrogens is 2. The summed E-state index contributed by atoms with van der Waals surface area (Å²) < 4.78 is 76.0. The van der Waals surface area contributed by atoms with E-state index in [9.17, 15) is 36.0 Å². The number of hydrogen-bond donors (Lipinski definition) is 3. The second-order valence-electron chi connectivity index (χ2n) is 7.27. The van der Waals surface area contributed by atoms with Crippen LogP contribution in [0.3, 0.4) is 0 Å². The van der Waals surface area contributed by atoms with E-state index < -0.39 is 61.7 Å². The number of furan rings is 1. The van der Waals surface area contributed by atoms with Gasteiger partial charge in [-0.1, -0.05) is 17.7 Å². The highest BCUT2D eigenvalue weighted by Crippen LogP contribution is 2.45. The van der Waals surface area contributed by atoms with Crippen LogP contribution >= 0.6 is 0 Å². The zero-order chi connectivity index (χ0) is 24.2. The van der Waals surface area contributed by atoms with Crippen molar-refractivity contribution in [2.24, 2.45) is 0 Å². The van der Waals surface area contributed by atoms with E-state index in [1.165, 1.54) is 35.3 Å². The van der Waals surface area contributed by atoms with Crippen molar-refractivity contribution < 1.29 is 30.8 Å². The fourth-order valence-electron chi connectivity index (χ4n) is 3.48. The number of carbonyl (C=O) groups is 1. The molecular weight excluding hydrogens is 469 g/mol. The van der Waals surface area contributed by atoms with E-state index in [2.05, 4.69) is 0 Å². The zero-order valence-corrected chi connectivity index (χ0v) is 17.5. The molecule has 0 unspecified atom stereocenters. The lowest BCUT2D eigenvalue weighted by Crippen LogP contribution is -2.61. The van der Waals surface area contributed by atoms with Gasteiger partial charge in [-0.2, -0.15) is 17.9 Å². The second kappa shape index (κ2) is 7.45. The third kappa shape index (κ3) is 3.56. The number of fused-ring (bicyclic) bond motifs is 1. The summed E-state index contributed by atoms with van der Waals surface area (Å²) in [4.78, 5) is 38.8. The van der Waals surface area contributed by atoms with Gasteiger partial charge in [0.1, 0.15) is 11.6 Å². The van der Waals surface area contributed by atoms with Crippen molar-refractivity contribution in [2.45, 2.75) is 30.1 Å². The largest absolute Gasteiger partial charge is 0.467 e. The Morgan fingerprint density at radius 1 is 1.12 bits per heavy atom. The highest BCUT2D eigenvalue weighted by atomic mass is 32.2. The molecule has 3 heterocycles. The van der Waals surface area contributed by atoms with Gasteiger partial charge in [0, 0.05) is 0 Å². The number of sulfonamides is 1. The molecule has 1 amide bonds. The van der Waals surface area contributed by atoms with Crippen molar-refractivity contribution in [1.82, 2.24) is 14.3 Å². The summed E-state index contributed by atoms with van der Waals surface area (Å²) in [5.41, 5.74) is -7.36. The second-order valence-corrected chi connectivity index (χ2v) is 8.95. The molecule has 0 radical (unpaired) electrons. The maximum atomic E-state index is 14.4. The third-order valence-electron chi connectivity index (χ3n) is 5.08. The minimum absolute atomic E-state index is 0.130. The first-order chi connectivity index (χ1) is 15.4. The molecule has 1 aliphatic rings. The number of benzene rings is 1. The van der Waals surface area contributed by atoms with Crippen molar-refractivity contribution in [1.29, 1.82) is 0 Å². The maximum absolute atomic E-state index is 14.4. The number of alkyl halides is 3. The predicted octanol–water partition coefficient (Wildman–Crippen LogP) is 1.17. The van der Waals surface area contributed by atoms with Crippen LogP contribution in [0.15, 0.2) is 61.6 Å². The van der Waals surface area contributed by atoms with Crippen LogP contribution < -0.4 is 21.3 Å². The van der Waals surface area contributed by atoms with Crippen molar-refractivity contribution in [3.63, 3.8) is 0 Å². The SMILES string of the molecule is Cc1ccc(S(=O)(=O)N[C@@]2(C(F)(F)F)C(=O)Nc3c2c(=O)[nH]c(=O)n3Cc2ccco2)cc1. The van der Waals surface area contributed by atoms with Crippen LogP contribution in [0.25, 0.3) is 0 Å². The molecule has 0 fully saturated rings. The number of nitrogens with zero attached hydrogens (tertiary/aromatic N) is 1. The number of hydrogen-bond acceptors (Lipinski definition) is 6. The monoisotopic (exact) mass is 484 g/mol. The first-order valence-corrected chi connectivity index (χ1v) is 10.7. The molecule has 0 aliphatic carbocycles. The first-order valence-electron chi connectivity index (χ1n) is 9.25. The van der Waals surface area contributed by atoms with Gasteiger partial charge in [0.2, 0.25) is 15.6 Å². The highest BCUT2D eigenvalue weighted by molar-refractivity contribution is 7.89. The van der Waals surface area contributed by atoms with E-state index >= 15 is 0 Å². The lowest BCUT2D eigenvalue weighted by atomic mass is 9.94. The molecule has 4 rings (SSSR count). The number of aryl methyl sites for hydroxylation is 1. The Hall–Kier alpha value is -3.65. The molecule has 33 heavy (non-hydrogen) atoms. The molecule has 1 aromatic carbocycles. The van der Waals surface area contributed by atoms with Crippen molar-refractivity contribution in [2.75, 3.05) is 5.32 Å². The van der Waals surface area contributed by atoms with Crippen LogP contribution in [0, 0.1) is 6.92 Å². The average Bonchev–Trinajstić information content (AvgIpc) is 3.32. The molecule has 0 saturated heterocycles. The van der Waals surface area contributed by atoms with E-state index in [4.69, 9.17) is 4.42 Å². The summed E-state index contributed by atoms with van der Waals surface area (Å²) in [5.74, 6) is -2.55. The smallest absolute Gasteiger partial charge is 0.421 e. The van der Waals surface area contributed by atoms with Gasteiger partial charge in [-0.05, 0) is 31.2 Å². The zero-order valence-electron chi connectivity index (χ0n) is 16.7. The van der Waals surface area contributed by atoms with Crippen LogP contribution in [0.2, 0.25) is 0 Å². The van der Waals surface area contributed by atoms with Crippen LogP contribution in [-0.4, -0.2) is 30.1 Å². The standard InChI is InChI=1S/C19H15F3N4O6S/c1-10-4-6-12(7-5-10)33(30,31)25-18(19(20,21)22)13-14(23-16(18)28)26(17(29)24-15(13)27)9-11-3-2-8-32-11/h2-8,25H,9H2,1H3,(H,23,28)(H,24,27,29)/t18-/m1/s1. The van der Waals surface area contributed by atoms with Crippen LogP contribution in [0.5, 0.6) is 0 Å². The number of nitrogens with one attached hydrogen (secondary N) is 3. The van der Waals surface area contributed by atoms with E-state index in [0.29, 0.717) is 10.1 Å². The third-order valence-corrected chi connectivity index (χ3v) is 6.55. The predicted molar refractivity (Wildman–Crippen MR) is 107 cm³/mol. The highest BCUT2D eigenvalue weighted by Gasteiger charge is 2.69. The van der Waals surface area contributed by atoms with E-state index in [-0.39, 0.29) is 5.76 Å². The van der Waals surface area contributed by atoms with E-state index in [1.54, 1.807) is 11.9 Å². The molecule has 174 valence electrons. The Morgan fingerprint density at radius 2 is 1.79 bits per heavy atom. The van der Waals surface area contributed by atoms with Gasteiger partial charge in [0.25, 0.3) is 11.5 Å². The van der Waals surface area contributed by atoms with Crippen LogP contribution in [0.4, 0.5) is 19.0 Å². The average molecular weight is 484 g/mol. The Kier molecular flexibility index (Phi) is 5.09. The topological polar surface area (TPSA) is 143 Å². The molecular formula is C19H15F3N4O6S. The van der Waals surface area contributed by atoms with Crippen molar-refractivity contribution >= 4 is 21.7 Å². The molecule has 3 aromatic rings. The Labute approximate surface area is 183 Å². The number of rotatable bonds is 5. The normalized spacial score (nSPS) is 18.2. The first kappa shape index (κ1) is 22.5. The molecule has 2 aromatic heterocycles. The fraction of sp³-hybridized carbons (Fsp3) is 0.211. The fourth-order valence-corrected chi connectivity index (χ4v) is 4.80. The Bertz CT molecular complexity index is 1460. The minimum atomic E-state index is -5.60. The van der Waals surface area contributed by atoms with Crippen molar-refractivity contribution in [3.8, 4) is 0 Å². The number of H-pyrrole nitrogens is 1. The number of halogens is 3. The van der Waals surface area contributed by atoms with Gasteiger partial charge >= 0.3 is 11.9 Å². The molecule has 1 atom stereocenters. The van der Waals surface area contributed by atoms with Crippen LogP contribution in [-0.2, 0) is 26.9 Å². The molecule has 0 saturated carbocycles. The van der Waals surface area contributed by atoms with Gasteiger partial charge in [0.05, 0.1) is 23.3 Å². The summed E-state index contributed by atoms with van der Waals surface area (Å²) in [6.45, 7) is 1.20. The summed E-state index contributed by atoms with van der Waals surface area (Å²) in [7, 11) is -4.96. The number of carbonyl (C=O) groups excluding carboxylic acids is 1. The minimum Gasteiger partial charge on any atom is -0.467 e. The Balaban J connectivity index is 1.95. The molecule has 0 spiro atoms. The summed E-state index contributed by atoms with van der Waals surface area (Å²) >= 11 is 0. The quantitative estimate of drug-likeness (QED) is 0.496.